The lowest BCUT2D eigenvalue weighted by molar-refractivity contribution is 0.0301. The molecule has 1 fully saturated rings. The highest BCUT2D eigenvalue weighted by atomic mass is 35.5. The number of β-amino-alcohol motifs (C(OH)–C–C–N with tert-alkyl or cyclic N) is 1. The summed E-state index contributed by atoms with van der Waals surface area (Å²) in [6, 6.07) is 7.20. The highest BCUT2D eigenvalue weighted by molar-refractivity contribution is 6.30. The van der Waals surface area contributed by atoms with Crippen LogP contribution in [0.15, 0.2) is 24.3 Å². The predicted octanol–water partition coefficient (Wildman–Crippen LogP) is 2.83. The molecule has 2 rings (SSSR count). The van der Waals surface area contributed by atoms with Crippen LogP contribution in [0.25, 0.3) is 0 Å². The summed E-state index contributed by atoms with van der Waals surface area (Å²) in [6.45, 7) is 6.61. The summed E-state index contributed by atoms with van der Waals surface area (Å²) in [5.74, 6) is 1.31. The van der Waals surface area contributed by atoms with Gasteiger partial charge >= 0.3 is 0 Å². The zero-order chi connectivity index (χ0) is 15.8. The summed E-state index contributed by atoms with van der Waals surface area (Å²) in [6.07, 6.45) is 1.90. The van der Waals surface area contributed by atoms with E-state index in [0.29, 0.717) is 24.1 Å². The Kier molecular flexibility index (Phi) is 7.46. The third-order valence-electron chi connectivity index (χ3n) is 3.89. The van der Waals surface area contributed by atoms with E-state index in [1.807, 2.05) is 19.1 Å². The first-order valence-electron chi connectivity index (χ1n) is 8.04. The van der Waals surface area contributed by atoms with Crippen LogP contribution >= 0.6 is 11.6 Å². The van der Waals surface area contributed by atoms with Crippen molar-refractivity contribution in [3.8, 4) is 5.75 Å². The van der Waals surface area contributed by atoms with Crippen molar-refractivity contribution in [1.82, 2.24) is 4.90 Å². The second kappa shape index (κ2) is 9.36. The summed E-state index contributed by atoms with van der Waals surface area (Å²) in [5.41, 5.74) is 0. The van der Waals surface area contributed by atoms with Crippen LogP contribution in [0, 0.1) is 5.92 Å². The molecule has 0 radical (unpaired) electrons. The molecule has 2 unspecified atom stereocenters. The van der Waals surface area contributed by atoms with Crippen molar-refractivity contribution in [3.63, 3.8) is 0 Å². The fraction of sp³-hybridized carbons (Fsp3) is 0.647. The Morgan fingerprint density at radius 2 is 2.14 bits per heavy atom. The Balaban J connectivity index is 1.69. The lowest BCUT2D eigenvalue weighted by Gasteiger charge is -2.33. The van der Waals surface area contributed by atoms with Gasteiger partial charge in [-0.25, -0.2) is 0 Å². The molecular weight excluding hydrogens is 302 g/mol. The smallest absolute Gasteiger partial charge is 0.119 e. The summed E-state index contributed by atoms with van der Waals surface area (Å²) in [5, 5.41) is 10.8. The summed E-state index contributed by atoms with van der Waals surface area (Å²) >= 11 is 5.83. The number of aliphatic hydroxyl groups is 1. The van der Waals surface area contributed by atoms with Crippen LogP contribution < -0.4 is 4.74 Å². The third-order valence-corrected chi connectivity index (χ3v) is 4.14. The first-order valence-corrected chi connectivity index (χ1v) is 8.41. The summed E-state index contributed by atoms with van der Waals surface area (Å²) in [7, 11) is 0. The normalized spacial score (nSPS) is 20.8. The van der Waals surface area contributed by atoms with Crippen molar-refractivity contribution < 1.29 is 14.6 Å². The molecule has 0 spiro atoms. The van der Waals surface area contributed by atoms with Crippen LogP contribution in [0.5, 0.6) is 5.75 Å². The van der Waals surface area contributed by atoms with Crippen molar-refractivity contribution in [2.45, 2.75) is 25.9 Å². The van der Waals surface area contributed by atoms with Crippen LogP contribution in [0.2, 0.25) is 5.02 Å². The van der Waals surface area contributed by atoms with E-state index < -0.39 is 6.10 Å². The van der Waals surface area contributed by atoms with Crippen LogP contribution in [0.3, 0.4) is 0 Å². The molecule has 1 aromatic rings. The maximum absolute atomic E-state index is 10.2. The van der Waals surface area contributed by atoms with Gasteiger partial charge < -0.3 is 19.5 Å². The molecule has 5 heteroatoms. The lowest BCUT2D eigenvalue weighted by Crippen LogP contribution is -2.42. The van der Waals surface area contributed by atoms with Crippen molar-refractivity contribution in [1.29, 1.82) is 0 Å². The van der Waals surface area contributed by atoms with Gasteiger partial charge in [-0.15, -0.1) is 0 Å². The first-order chi connectivity index (χ1) is 10.7. The van der Waals surface area contributed by atoms with E-state index in [0.717, 1.165) is 32.1 Å². The molecule has 0 saturated carbocycles. The van der Waals surface area contributed by atoms with Crippen molar-refractivity contribution in [3.05, 3.63) is 29.3 Å². The van der Waals surface area contributed by atoms with Gasteiger partial charge in [0.05, 0.1) is 6.61 Å². The van der Waals surface area contributed by atoms with Gasteiger partial charge in [0.15, 0.2) is 0 Å². The SMILES string of the molecule is CCOCC1CCCN(CC(O)COc2ccc(Cl)cc2)C1. The van der Waals surface area contributed by atoms with Crippen LogP contribution in [0.4, 0.5) is 0 Å². The topological polar surface area (TPSA) is 41.9 Å². The second-order valence-corrected chi connectivity index (χ2v) is 6.28. The van der Waals surface area contributed by atoms with Crippen LogP contribution in [-0.4, -0.2) is 55.6 Å². The van der Waals surface area contributed by atoms with E-state index in [1.165, 1.54) is 12.8 Å². The minimum Gasteiger partial charge on any atom is -0.491 e. The molecule has 0 bridgehead atoms. The van der Waals surface area contributed by atoms with Gasteiger partial charge in [-0.1, -0.05) is 11.6 Å². The van der Waals surface area contributed by atoms with Gasteiger partial charge in [-0.05, 0) is 56.5 Å². The van der Waals surface area contributed by atoms with E-state index in [1.54, 1.807) is 12.1 Å². The second-order valence-electron chi connectivity index (χ2n) is 5.85. The zero-order valence-electron chi connectivity index (χ0n) is 13.2. The van der Waals surface area contributed by atoms with Gasteiger partial charge in [0.2, 0.25) is 0 Å². The summed E-state index contributed by atoms with van der Waals surface area (Å²) < 4.78 is 11.1. The van der Waals surface area contributed by atoms with E-state index >= 15 is 0 Å². The number of likely N-dealkylation sites (tertiary alicyclic amines) is 1. The standard InChI is InChI=1S/C17H26ClNO3/c1-2-21-12-14-4-3-9-19(10-14)11-16(20)13-22-17-7-5-15(18)6-8-17/h5-8,14,16,20H,2-4,9-13H2,1H3. The number of hydrogen-bond acceptors (Lipinski definition) is 4. The maximum atomic E-state index is 10.2. The fourth-order valence-electron chi connectivity index (χ4n) is 2.81. The number of hydrogen-bond donors (Lipinski definition) is 1. The molecule has 1 saturated heterocycles. The minimum atomic E-state index is -0.485. The van der Waals surface area contributed by atoms with Crippen LogP contribution in [-0.2, 0) is 4.74 Å². The molecule has 1 aliphatic heterocycles. The molecular formula is C17H26ClNO3. The predicted molar refractivity (Wildman–Crippen MR) is 88.6 cm³/mol. The van der Waals surface area contributed by atoms with Gasteiger partial charge in [0.1, 0.15) is 18.5 Å². The Morgan fingerprint density at radius 3 is 2.86 bits per heavy atom. The minimum absolute atomic E-state index is 0.300. The molecule has 0 aromatic heterocycles. The molecule has 1 N–H and O–H groups in total. The van der Waals surface area contributed by atoms with E-state index in [2.05, 4.69) is 4.90 Å². The molecule has 1 aromatic carbocycles. The number of nitrogens with zero attached hydrogens (tertiary/aromatic N) is 1. The Bertz CT molecular complexity index is 426. The average Bonchev–Trinajstić information content (AvgIpc) is 2.53. The molecule has 0 aliphatic carbocycles. The lowest BCUT2D eigenvalue weighted by atomic mass is 9.99. The van der Waals surface area contributed by atoms with E-state index in [4.69, 9.17) is 21.1 Å². The number of benzene rings is 1. The van der Waals surface area contributed by atoms with Crippen LogP contribution in [0.1, 0.15) is 19.8 Å². The Morgan fingerprint density at radius 1 is 1.36 bits per heavy atom. The quantitative estimate of drug-likeness (QED) is 0.797. The maximum Gasteiger partial charge on any atom is 0.119 e. The summed E-state index contributed by atoms with van der Waals surface area (Å²) in [4.78, 5) is 2.31. The molecule has 1 aliphatic rings. The molecule has 22 heavy (non-hydrogen) atoms. The zero-order valence-corrected chi connectivity index (χ0v) is 14.0. The Hall–Kier alpha value is -0.810. The largest absolute Gasteiger partial charge is 0.491 e. The fourth-order valence-corrected chi connectivity index (χ4v) is 2.94. The van der Waals surface area contributed by atoms with Crippen molar-refractivity contribution in [2.24, 2.45) is 5.92 Å². The molecule has 1 heterocycles. The number of halogens is 1. The number of piperidine rings is 1. The highest BCUT2D eigenvalue weighted by Gasteiger charge is 2.22. The monoisotopic (exact) mass is 327 g/mol. The Labute approximate surface area is 138 Å². The van der Waals surface area contributed by atoms with Gasteiger partial charge in [0.25, 0.3) is 0 Å². The average molecular weight is 328 g/mol. The molecule has 124 valence electrons. The van der Waals surface area contributed by atoms with Gasteiger partial charge in [-0.2, -0.15) is 0 Å². The van der Waals surface area contributed by atoms with E-state index in [-0.39, 0.29) is 0 Å². The van der Waals surface area contributed by atoms with Crippen molar-refractivity contribution in [2.75, 3.05) is 39.5 Å². The first kappa shape index (κ1) is 17.5. The van der Waals surface area contributed by atoms with Crippen molar-refractivity contribution >= 4 is 11.6 Å². The number of rotatable bonds is 8. The van der Waals surface area contributed by atoms with Gasteiger partial charge in [-0.3, -0.25) is 0 Å². The van der Waals surface area contributed by atoms with Gasteiger partial charge in [0, 0.05) is 24.7 Å². The molecule has 0 amide bonds. The number of ether oxygens (including phenoxy) is 2. The third kappa shape index (κ3) is 6.13. The van der Waals surface area contributed by atoms with E-state index in [9.17, 15) is 5.11 Å². The molecule has 4 nitrogen and oxygen atoms in total. The number of aliphatic hydroxyl groups excluding tert-OH is 1. The highest BCUT2D eigenvalue weighted by Crippen LogP contribution is 2.18. The molecule has 2 atom stereocenters.